The van der Waals surface area contributed by atoms with E-state index in [1.165, 1.54) is 5.56 Å². The Bertz CT molecular complexity index is 277. The summed E-state index contributed by atoms with van der Waals surface area (Å²) in [6.07, 6.45) is 0. The molecule has 0 bridgehead atoms. The highest BCUT2D eigenvalue weighted by molar-refractivity contribution is 6.28. The highest BCUT2D eigenvalue weighted by Crippen LogP contribution is 2.24. The Hall–Kier alpha value is -0.158. The Balaban J connectivity index is 0.00000196. The predicted octanol–water partition coefficient (Wildman–Crippen LogP) is 3.84. The lowest BCUT2D eigenvalue weighted by molar-refractivity contribution is 0.577. The summed E-state index contributed by atoms with van der Waals surface area (Å²) in [4.78, 5) is 0. The highest BCUT2D eigenvalue weighted by Gasteiger charge is 2.12. The number of halogens is 1. The molecule has 0 fully saturated rings. The Morgan fingerprint density at radius 3 is 2.07 bits per heavy atom. The van der Waals surface area contributed by atoms with Crippen LogP contribution >= 0.6 is 12.4 Å². The molecule has 1 rings (SSSR count). The number of hydrogen-bond donors (Lipinski definition) is 0. The second-order valence-electron chi connectivity index (χ2n) is 4.47. The number of hydrogen-bond acceptors (Lipinski definition) is 1. The maximum atomic E-state index is 5.61. The van der Waals surface area contributed by atoms with Crippen LogP contribution in [0.15, 0.2) is 24.3 Å². The van der Waals surface area contributed by atoms with E-state index >= 15 is 0 Å². The van der Waals surface area contributed by atoms with E-state index in [1.807, 2.05) is 0 Å². The molecule has 1 aromatic carbocycles. The van der Waals surface area contributed by atoms with Crippen LogP contribution in [0.25, 0.3) is 0 Å². The molecule has 1 radical (unpaired) electrons. The van der Waals surface area contributed by atoms with Gasteiger partial charge in [0.15, 0.2) is 0 Å². The van der Waals surface area contributed by atoms with E-state index in [-0.39, 0.29) is 33.4 Å². The van der Waals surface area contributed by atoms with Gasteiger partial charge in [0.2, 0.25) is 0 Å². The lowest BCUT2D eigenvalue weighted by Crippen LogP contribution is -2.10. The first-order valence-corrected chi connectivity index (χ1v) is 6.41. The zero-order chi connectivity index (χ0) is 10.6. The molecule has 1 aromatic rings. The summed E-state index contributed by atoms with van der Waals surface area (Å²) in [5.41, 5.74) is 1.59. The van der Waals surface area contributed by atoms with Crippen molar-refractivity contribution in [1.29, 1.82) is 0 Å². The van der Waals surface area contributed by atoms with E-state index in [2.05, 4.69) is 52.0 Å². The maximum absolute atomic E-state index is 5.61. The van der Waals surface area contributed by atoms with Crippen molar-refractivity contribution in [1.82, 2.24) is 0 Å². The largest absolute Gasteiger partial charge is 0.648 e. The molecule has 0 aliphatic heterocycles. The third-order valence-corrected chi connectivity index (χ3v) is 2.88. The summed E-state index contributed by atoms with van der Waals surface area (Å²) in [7, 11) is 0. The quantitative estimate of drug-likeness (QED) is 0.731. The van der Waals surface area contributed by atoms with E-state index in [0.29, 0.717) is 0 Å². The third-order valence-electron chi connectivity index (χ3n) is 2.11. The summed E-state index contributed by atoms with van der Waals surface area (Å²) in [5, 5.41) is 1.14. The van der Waals surface area contributed by atoms with Crippen LogP contribution < -0.4 is 3.79 Å². The van der Waals surface area contributed by atoms with Gasteiger partial charge in [-0.2, -0.15) is 0 Å². The van der Waals surface area contributed by atoms with Crippen LogP contribution in [0.5, 0.6) is 5.75 Å². The smallest absolute Gasteiger partial charge is 0.523 e. The molecule has 15 heavy (non-hydrogen) atoms. The van der Waals surface area contributed by atoms with Gasteiger partial charge in [-0.15, -0.1) is 12.4 Å². The molecule has 0 aromatic heterocycles. The molecule has 0 atom stereocenters. The molecule has 0 unspecified atom stereocenters. The lowest BCUT2D eigenvalue weighted by atomic mass is 9.87. The summed E-state index contributed by atoms with van der Waals surface area (Å²) in [6, 6.07) is 8.46. The number of rotatable bonds is 3. The fourth-order valence-electron chi connectivity index (χ4n) is 1.21. The van der Waals surface area contributed by atoms with Gasteiger partial charge in [-0.3, -0.25) is 0 Å². The van der Waals surface area contributed by atoms with Gasteiger partial charge in [-0.1, -0.05) is 45.1 Å². The zero-order valence-electron chi connectivity index (χ0n) is 9.91. The van der Waals surface area contributed by atoms with Crippen molar-refractivity contribution in [2.45, 2.75) is 38.4 Å². The monoisotopic (exact) mass is 241 g/mol. The zero-order valence-corrected chi connectivity index (χ0v) is 11.9. The first-order valence-electron chi connectivity index (χ1n) is 5.13. The predicted molar refractivity (Wildman–Crippen MR) is 69.3 cm³/mol. The summed E-state index contributed by atoms with van der Waals surface area (Å²) < 4.78 is 5.61. The standard InChI is InChI=1S/C10H14O.C2H5.Al.ClH/c1-10(2,3)8-4-6-9(11)7-5-8;1-2;;/h4-7,11H,1-3H3;1H2,2H3;;1H/q;;+1;/p-1. The molecule has 3 heteroatoms. The lowest BCUT2D eigenvalue weighted by Gasteiger charge is -2.19. The van der Waals surface area contributed by atoms with E-state index in [4.69, 9.17) is 3.79 Å². The molecule has 0 amide bonds. The maximum Gasteiger partial charge on any atom is 0.523 e. The SMILES string of the molecule is C[CH2][Al][O]c1ccc(C(C)(C)C)cc1.Cl. The first kappa shape index (κ1) is 14.8. The van der Waals surface area contributed by atoms with E-state index < -0.39 is 0 Å². The van der Waals surface area contributed by atoms with Crippen molar-refractivity contribution < 1.29 is 3.79 Å². The molecule has 0 heterocycles. The molecule has 0 saturated carbocycles. The molecule has 0 aliphatic carbocycles. The van der Waals surface area contributed by atoms with Gasteiger partial charge < -0.3 is 3.79 Å². The third kappa shape index (κ3) is 4.93. The van der Waals surface area contributed by atoms with Crippen molar-refractivity contribution in [3.05, 3.63) is 29.8 Å². The van der Waals surface area contributed by atoms with Crippen LogP contribution in [0.1, 0.15) is 33.3 Å². The van der Waals surface area contributed by atoms with Gasteiger partial charge in [0.25, 0.3) is 0 Å². The topological polar surface area (TPSA) is 9.23 Å². The van der Waals surface area contributed by atoms with E-state index in [0.717, 1.165) is 11.0 Å². The van der Waals surface area contributed by atoms with Crippen LogP contribution in [0.3, 0.4) is 0 Å². The van der Waals surface area contributed by atoms with Crippen LogP contribution in [0.2, 0.25) is 5.28 Å². The van der Waals surface area contributed by atoms with Gasteiger partial charge in [0.05, 0.1) is 5.75 Å². The minimum Gasteiger partial charge on any atom is -0.648 e. The summed E-state index contributed by atoms with van der Waals surface area (Å²) in [6.45, 7) is 8.82. The van der Waals surface area contributed by atoms with Gasteiger partial charge in [-0.05, 0) is 23.1 Å². The van der Waals surface area contributed by atoms with E-state index in [1.54, 1.807) is 0 Å². The molecule has 83 valence electrons. The Labute approximate surface area is 106 Å². The minimum atomic E-state index is 0. The molecule has 0 spiro atoms. The molecule has 0 N–H and O–H groups in total. The van der Waals surface area contributed by atoms with Gasteiger partial charge in [0.1, 0.15) is 0 Å². The second-order valence-corrected chi connectivity index (χ2v) is 5.85. The molecule has 0 saturated heterocycles. The Morgan fingerprint density at radius 1 is 1.13 bits per heavy atom. The molecule has 0 aliphatic rings. The van der Waals surface area contributed by atoms with Gasteiger partial charge in [-0.25, -0.2) is 0 Å². The van der Waals surface area contributed by atoms with Crippen molar-refractivity contribution in [3.63, 3.8) is 0 Å². The van der Waals surface area contributed by atoms with Crippen LogP contribution in [-0.4, -0.2) is 15.6 Å². The van der Waals surface area contributed by atoms with Crippen molar-refractivity contribution >= 4 is 28.0 Å². The fourth-order valence-corrected chi connectivity index (χ4v) is 1.73. The summed E-state index contributed by atoms with van der Waals surface area (Å²) >= 11 is 0.126. The Kier molecular flexibility index (Phi) is 6.36. The van der Waals surface area contributed by atoms with Gasteiger partial charge >= 0.3 is 15.6 Å². The molecular formula is C12H19AlClO. The van der Waals surface area contributed by atoms with Crippen LogP contribution in [-0.2, 0) is 5.41 Å². The fraction of sp³-hybridized carbons (Fsp3) is 0.500. The van der Waals surface area contributed by atoms with Crippen LogP contribution in [0, 0.1) is 0 Å². The summed E-state index contributed by atoms with van der Waals surface area (Å²) in [5.74, 6) is 1.01. The first-order chi connectivity index (χ1) is 6.54. The number of benzene rings is 1. The highest BCUT2D eigenvalue weighted by atomic mass is 35.5. The average Bonchev–Trinajstić information content (AvgIpc) is 2.14. The normalized spacial score (nSPS) is 10.4. The molecular weight excluding hydrogens is 223 g/mol. The second kappa shape index (κ2) is 6.43. The van der Waals surface area contributed by atoms with Crippen molar-refractivity contribution in [2.24, 2.45) is 0 Å². The minimum absolute atomic E-state index is 0. The molecule has 1 nitrogen and oxygen atoms in total. The average molecular weight is 242 g/mol. The van der Waals surface area contributed by atoms with Crippen molar-refractivity contribution in [3.8, 4) is 5.75 Å². The van der Waals surface area contributed by atoms with Gasteiger partial charge in [0, 0.05) is 0 Å². The Morgan fingerprint density at radius 2 is 1.67 bits per heavy atom. The van der Waals surface area contributed by atoms with Crippen LogP contribution in [0.4, 0.5) is 0 Å². The van der Waals surface area contributed by atoms with Crippen molar-refractivity contribution in [2.75, 3.05) is 0 Å². The van der Waals surface area contributed by atoms with E-state index in [9.17, 15) is 0 Å².